The molecule has 0 saturated heterocycles. The summed E-state index contributed by atoms with van der Waals surface area (Å²) in [4.78, 5) is 24.1. The second-order valence-electron chi connectivity index (χ2n) is 5.40. The van der Waals surface area contributed by atoms with Gasteiger partial charge in [-0.2, -0.15) is 0 Å². The molecule has 2 aromatic carbocycles. The molecular weight excluding hydrogens is 363 g/mol. The lowest BCUT2D eigenvalue weighted by molar-refractivity contribution is 0.0950. The van der Waals surface area contributed by atoms with E-state index in [1.54, 1.807) is 24.3 Å². The summed E-state index contributed by atoms with van der Waals surface area (Å²) in [5.74, 6) is -0.877. The lowest BCUT2D eigenvalue weighted by atomic mass is 10.1. The summed E-state index contributed by atoms with van der Waals surface area (Å²) < 4.78 is 13.4. The summed E-state index contributed by atoms with van der Waals surface area (Å²) in [5, 5.41) is 5.62. The molecule has 1 fully saturated rings. The van der Waals surface area contributed by atoms with Crippen molar-refractivity contribution in [1.29, 1.82) is 0 Å². The Kier molecular flexibility index (Phi) is 4.43. The molecule has 3 rings (SSSR count). The minimum atomic E-state index is -0.417. The molecule has 1 saturated carbocycles. The topological polar surface area (TPSA) is 58.2 Å². The van der Waals surface area contributed by atoms with Crippen molar-refractivity contribution < 1.29 is 14.0 Å². The van der Waals surface area contributed by atoms with E-state index in [1.807, 2.05) is 0 Å². The molecule has 4 nitrogen and oxygen atoms in total. The molecule has 2 aromatic rings. The second kappa shape index (κ2) is 6.50. The number of carbonyl (C=O) groups excluding carboxylic acids is 2. The lowest BCUT2D eigenvalue weighted by Gasteiger charge is -2.08. The van der Waals surface area contributed by atoms with Crippen LogP contribution in [0, 0.1) is 5.82 Å². The molecule has 0 spiro atoms. The Balaban J connectivity index is 1.67. The van der Waals surface area contributed by atoms with Crippen molar-refractivity contribution in [3.63, 3.8) is 0 Å². The molecule has 0 aliphatic heterocycles. The van der Waals surface area contributed by atoms with Crippen LogP contribution in [0.5, 0.6) is 0 Å². The number of halogens is 2. The van der Waals surface area contributed by atoms with E-state index < -0.39 is 5.82 Å². The van der Waals surface area contributed by atoms with Gasteiger partial charge in [-0.15, -0.1) is 0 Å². The van der Waals surface area contributed by atoms with Crippen molar-refractivity contribution in [2.75, 3.05) is 5.32 Å². The number of carbonyl (C=O) groups is 2. The number of anilines is 1. The van der Waals surface area contributed by atoms with Gasteiger partial charge in [-0.1, -0.05) is 0 Å². The van der Waals surface area contributed by atoms with Gasteiger partial charge in [-0.25, -0.2) is 4.39 Å². The number of amides is 2. The Hall–Kier alpha value is -2.21. The smallest absolute Gasteiger partial charge is 0.256 e. The molecule has 0 radical (unpaired) electrons. The zero-order chi connectivity index (χ0) is 16.4. The van der Waals surface area contributed by atoms with Gasteiger partial charge in [0.15, 0.2) is 0 Å². The first-order chi connectivity index (χ1) is 11.0. The monoisotopic (exact) mass is 376 g/mol. The van der Waals surface area contributed by atoms with Crippen molar-refractivity contribution in [2.45, 2.75) is 18.9 Å². The van der Waals surface area contributed by atoms with Crippen LogP contribution in [-0.2, 0) is 0 Å². The summed E-state index contributed by atoms with van der Waals surface area (Å²) in [7, 11) is 0. The Labute approximate surface area is 141 Å². The molecule has 1 aliphatic carbocycles. The van der Waals surface area contributed by atoms with Crippen molar-refractivity contribution in [1.82, 2.24) is 5.32 Å². The SMILES string of the molecule is O=C(NC1CC1)c1ccc(NC(=O)c2ccc(F)cc2Br)cc1. The maximum atomic E-state index is 13.1. The van der Waals surface area contributed by atoms with E-state index in [0.29, 0.717) is 27.3 Å². The Morgan fingerprint density at radius 3 is 2.35 bits per heavy atom. The molecule has 1 aliphatic rings. The highest BCUT2D eigenvalue weighted by atomic mass is 79.9. The van der Waals surface area contributed by atoms with E-state index in [0.717, 1.165) is 12.8 Å². The number of hydrogen-bond donors (Lipinski definition) is 2. The van der Waals surface area contributed by atoms with Crippen LogP contribution in [0.3, 0.4) is 0 Å². The largest absolute Gasteiger partial charge is 0.349 e. The van der Waals surface area contributed by atoms with Gasteiger partial charge in [-0.3, -0.25) is 9.59 Å². The van der Waals surface area contributed by atoms with Crippen molar-refractivity contribution in [3.05, 3.63) is 63.9 Å². The fourth-order valence-electron chi connectivity index (χ4n) is 2.07. The van der Waals surface area contributed by atoms with E-state index in [-0.39, 0.29) is 11.8 Å². The summed E-state index contributed by atoms with van der Waals surface area (Å²) in [6.07, 6.45) is 2.07. The Morgan fingerprint density at radius 1 is 1.04 bits per heavy atom. The van der Waals surface area contributed by atoms with Gasteiger partial charge in [-0.05, 0) is 71.2 Å². The summed E-state index contributed by atoms with van der Waals surface area (Å²) in [6, 6.07) is 10.8. The quantitative estimate of drug-likeness (QED) is 0.853. The van der Waals surface area contributed by atoms with Gasteiger partial charge in [0, 0.05) is 21.8 Å². The van der Waals surface area contributed by atoms with Gasteiger partial charge in [0.05, 0.1) is 5.56 Å². The van der Waals surface area contributed by atoms with E-state index in [9.17, 15) is 14.0 Å². The molecule has 0 unspecified atom stereocenters. The maximum absolute atomic E-state index is 13.1. The lowest BCUT2D eigenvalue weighted by Crippen LogP contribution is -2.25. The second-order valence-corrected chi connectivity index (χ2v) is 6.26. The van der Waals surface area contributed by atoms with Crippen LogP contribution in [0.4, 0.5) is 10.1 Å². The van der Waals surface area contributed by atoms with Gasteiger partial charge < -0.3 is 10.6 Å². The van der Waals surface area contributed by atoms with Gasteiger partial charge in [0.2, 0.25) is 0 Å². The van der Waals surface area contributed by atoms with Crippen LogP contribution in [0.2, 0.25) is 0 Å². The van der Waals surface area contributed by atoms with E-state index in [1.165, 1.54) is 18.2 Å². The van der Waals surface area contributed by atoms with E-state index in [4.69, 9.17) is 0 Å². The predicted octanol–water partition coefficient (Wildman–Crippen LogP) is 3.73. The normalized spacial score (nSPS) is 13.5. The number of hydrogen-bond acceptors (Lipinski definition) is 2. The molecule has 2 N–H and O–H groups in total. The minimum Gasteiger partial charge on any atom is -0.349 e. The van der Waals surface area contributed by atoms with E-state index in [2.05, 4.69) is 26.6 Å². The van der Waals surface area contributed by atoms with Crippen LogP contribution in [0.1, 0.15) is 33.6 Å². The van der Waals surface area contributed by atoms with Gasteiger partial charge >= 0.3 is 0 Å². The zero-order valence-corrected chi connectivity index (χ0v) is 13.7. The Bertz CT molecular complexity index is 758. The molecule has 0 atom stereocenters. The average Bonchev–Trinajstić information content (AvgIpc) is 3.31. The number of rotatable bonds is 4. The first-order valence-corrected chi connectivity index (χ1v) is 7.99. The average molecular weight is 377 g/mol. The van der Waals surface area contributed by atoms with Crippen LogP contribution in [0.25, 0.3) is 0 Å². The third kappa shape index (κ3) is 3.96. The first kappa shape index (κ1) is 15.7. The molecular formula is C17H14BrFN2O2. The first-order valence-electron chi connectivity index (χ1n) is 7.20. The molecule has 0 bridgehead atoms. The molecule has 23 heavy (non-hydrogen) atoms. The maximum Gasteiger partial charge on any atom is 0.256 e. The predicted molar refractivity (Wildman–Crippen MR) is 89.0 cm³/mol. The molecule has 6 heteroatoms. The third-order valence-corrected chi connectivity index (χ3v) is 4.15. The molecule has 0 aromatic heterocycles. The van der Waals surface area contributed by atoms with Crippen molar-refractivity contribution in [2.24, 2.45) is 0 Å². The highest BCUT2D eigenvalue weighted by Gasteiger charge is 2.23. The van der Waals surface area contributed by atoms with Crippen LogP contribution >= 0.6 is 15.9 Å². The van der Waals surface area contributed by atoms with Gasteiger partial charge in [0.25, 0.3) is 11.8 Å². The number of benzene rings is 2. The molecule has 2 amide bonds. The molecule has 0 heterocycles. The van der Waals surface area contributed by atoms with Crippen LogP contribution in [-0.4, -0.2) is 17.9 Å². The summed E-state index contributed by atoms with van der Waals surface area (Å²) in [6.45, 7) is 0. The van der Waals surface area contributed by atoms with Gasteiger partial charge in [0.1, 0.15) is 5.82 Å². The Morgan fingerprint density at radius 2 is 1.74 bits per heavy atom. The van der Waals surface area contributed by atoms with E-state index >= 15 is 0 Å². The highest BCUT2D eigenvalue weighted by molar-refractivity contribution is 9.10. The third-order valence-electron chi connectivity index (χ3n) is 3.49. The minimum absolute atomic E-state index is 0.105. The number of nitrogens with one attached hydrogen (secondary N) is 2. The zero-order valence-electron chi connectivity index (χ0n) is 12.1. The van der Waals surface area contributed by atoms with Crippen LogP contribution in [0.15, 0.2) is 46.9 Å². The summed E-state index contributed by atoms with van der Waals surface area (Å²) in [5.41, 5.74) is 1.45. The van der Waals surface area contributed by atoms with Crippen LogP contribution < -0.4 is 10.6 Å². The summed E-state index contributed by atoms with van der Waals surface area (Å²) >= 11 is 3.17. The fraction of sp³-hybridized carbons (Fsp3) is 0.176. The van der Waals surface area contributed by atoms with Crippen molar-refractivity contribution >= 4 is 33.4 Å². The standard InChI is InChI=1S/C17H14BrFN2O2/c18-15-9-11(19)3-8-14(15)17(23)21-12-4-1-10(2-5-12)16(22)20-13-6-7-13/h1-5,8-9,13H,6-7H2,(H,20,22)(H,21,23). The fourth-order valence-corrected chi connectivity index (χ4v) is 2.60. The van der Waals surface area contributed by atoms with Crippen molar-refractivity contribution in [3.8, 4) is 0 Å². The molecule has 118 valence electrons. The highest BCUT2D eigenvalue weighted by Crippen LogP contribution is 2.21.